The van der Waals surface area contributed by atoms with Crippen molar-refractivity contribution in [2.45, 2.75) is 24.0 Å². The number of rotatable bonds is 4. The van der Waals surface area contributed by atoms with E-state index < -0.39 is 0 Å². The number of carbonyl (C=O) groups is 1. The van der Waals surface area contributed by atoms with Crippen LogP contribution in [-0.4, -0.2) is 18.3 Å². The molecule has 1 aromatic rings. The predicted molar refractivity (Wildman–Crippen MR) is 67.3 cm³/mol. The molecule has 2 N–H and O–H groups in total. The zero-order valence-electron chi connectivity index (χ0n) is 10.1. The van der Waals surface area contributed by atoms with Crippen LogP contribution in [-0.2, 0) is 9.53 Å². The van der Waals surface area contributed by atoms with E-state index in [1.807, 2.05) is 6.92 Å². The van der Waals surface area contributed by atoms with Gasteiger partial charge in [0.05, 0.1) is 13.0 Å². The summed E-state index contributed by atoms with van der Waals surface area (Å²) in [5.74, 6) is -0.882. The minimum absolute atomic E-state index is 0.0356. The number of nitrogen functional groups attached to an aromatic ring is 1. The van der Waals surface area contributed by atoms with Gasteiger partial charge in [-0.3, -0.25) is 4.79 Å². The van der Waals surface area contributed by atoms with Crippen molar-refractivity contribution in [3.63, 3.8) is 0 Å². The topological polar surface area (TPSA) is 52.3 Å². The maximum atomic E-state index is 13.1. The first kappa shape index (κ1) is 13.8. The zero-order chi connectivity index (χ0) is 13.0. The van der Waals surface area contributed by atoms with E-state index in [1.54, 1.807) is 6.92 Å². The minimum Gasteiger partial charge on any atom is -0.469 e. The molecular weight excluding hydrogens is 241 g/mol. The molecule has 94 valence electrons. The van der Waals surface area contributed by atoms with Crippen LogP contribution in [0.1, 0.15) is 13.8 Å². The number of esters is 1. The lowest BCUT2D eigenvalue weighted by atomic mass is 10.1. The third kappa shape index (κ3) is 3.63. The van der Waals surface area contributed by atoms with Gasteiger partial charge in [-0.15, -0.1) is 11.8 Å². The average Bonchev–Trinajstić information content (AvgIpc) is 2.31. The van der Waals surface area contributed by atoms with E-state index in [1.165, 1.54) is 37.1 Å². The van der Waals surface area contributed by atoms with Crippen molar-refractivity contribution in [3.05, 3.63) is 24.0 Å². The van der Waals surface area contributed by atoms with Gasteiger partial charge in [-0.05, 0) is 18.2 Å². The van der Waals surface area contributed by atoms with Crippen LogP contribution >= 0.6 is 11.8 Å². The molecule has 3 nitrogen and oxygen atoms in total. The molecule has 0 amide bonds. The third-order valence-corrected chi connectivity index (χ3v) is 3.95. The Hall–Kier alpha value is -1.23. The van der Waals surface area contributed by atoms with Crippen molar-refractivity contribution in [1.29, 1.82) is 0 Å². The first-order chi connectivity index (χ1) is 7.95. The summed E-state index contributed by atoms with van der Waals surface area (Å²) in [6.45, 7) is 3.66. The van der Waals surface area contributed by atoms with E-state index in [4.69, 9.17) is 5.73 Å². The number of benzene rings is 1. The molecule has 0 aromatic heterocycles. The summed E-state index contributed by atoms with van der Waals surface area (Å²) in [5, 5.41) is -0.0356. The van der Waals surface area contributed by atoms with Crippen LogP contribution in [0.2, 0.25) is 0 Å². The lowest BCUT2D eigenvalue weighted by Crippen LogP contribution is -2.22. The molecule has 1 rings (SSSR count). The van der Waals surface area contributed by atoms with E-state index in [2.05, 4.69) is 4.74 Å². The molecule has 0 aliphatic carbocycles. The number of nitrogens with two attached hydrogens (primary N) is 1. The normalized spacial score (nSPS) is 14.1. The second-order valence-electron chi connectivity index (χ2n) is 3.82. The molecular formula is C12H16FNO2S. The Kier molecular flexibility index (Phi) is 4.81. The third-order valence-electron chi connectivity index (χ3n) is 2.57. The van der Waals surface area contributed by atoms with Crippen LogP contribution in [0.25, 0.3) is 0 Å². The summed E-state index contributed by atoms with van der Waals surface area (Å²) in [4.78, 5) is 12.0. The van der Waals surface area contributed by atoms with Crippen molar-refractivity contribution in [2.75, 3.05) is 12.8 Å². The van der Waals surface area contributed by atoms with Crippen LogP contribution in [0.15, 0.2) is 23.1 Å². The molecule has 0 saturated heterocycles. The minimum atomic E-state index is -0.334. The van der Waals surface area contributed by atoms with Gasteiger partial charge in [0.15, 0.2) is 0 Å². The number of thioether (sulfide) groups is 1. The van der Waals surface area contributed by atoms with Gasteiger partial charge in [0.25, 0.3) is 0 Å². The SMILES string of the molecule is COC(=O)C(C)C(C)Sc1cc(F)ccc1N. The van der Waals surface area contributed by atoms with Gasteiger partial charge in [-0.25, -0.2) is 4.39 Å². The van der Waals surface area contributed by atoms with E-state index in [0.717, 1.165) is 0 Å². The summed E-state index contributed by atoms with van der Waals surface area (Å²) in [5.41, 5.74) is 6.26. The Morgan fingerprint density at radius 1 is 1.47 bits per heavy atom. The zero-order valence-corrected chi connectivity index (χ0v) is 10.9. The molecule has 0 saturated carbocycles. The van der Waals surface area contributed by atoms with Gasteiger partial charge in [-0.1, -0.05) is 13.8 Å². The van der Waals surface area contributed by atoms with Crippen molar-refractivity contribution in [3.8, 4) is 0 Å². The number of hydrogen-bond donors (Lipinski definition) is 1. The Balaban J connectivity index is 2.77. The molecule has 1 aromatic carbocycles. The van der Waals surface area contributed by atoms with Crippen molar-refractivity contribution in [2.24, 2.45) is 5.92 Å². The molecule has 0 heterocycles. The van der Waals surface area contributed by atoms with Gasteiger partial charge in [-0.2, -0.15) is 0 Å². The first-order valence-electron chi connectivity index (χ1n) is 5.25. The molecule has 0 aliphatic heterocycles. The number of halogens is 1. The number of anilines is 1. The summed E-state index contributed by atoms with van der Waals surface area (Å²) >= 11 is 1.37. The predicted octanol–water partition coefficient (Wildman–Crippen LogP) is 2.70. The number of ether oxygens (including phenoxy) is 1. The molecule has 2 unspecified atom stereocenters. The van der Waals surface area contributed by atoms with Crippen molar-refractivity contribution >= 4 is 23.4 Å². The number of hydrogen-bond acceptors (Lipinski definition) is 4. The summed E-state index contributed by atoms with van der Waals surface area (Å²) < 4.78 is 17.7. The fourth-order valence-corrected chi connectivity index (χ4v) is 2.39. The van der Waals surface area contributed by atoms with Crippen LogP contribution < -0.4 is 5.73 Å². The molecule has 0 radical (unpaired) electrons. The smallest absolute Gasteiger partial charge is 0.309 e. The van der Waals surface area contributed by atoms with E-state index >= 15 is 0 Å². The second kappa shape index (κ2) is 5.91. The molecule has 2 atom stereocenters. The fraction of sp³-hybridized carbons (Fsp3) is 0.417. The molecule has 0 spiro atoms. The van der Waals surface area contributed by atoms with Gasteiger partial charge < -0.3 is 10.5 Å². The summed E-state index contributed by atoms with van der Waals surface area (Å²) in [6.07, 6.45) is 0. The van der Waals surface area contributed by atoms with Gasteiger partial charge in [0.1, 0.15) is 5.82 Å². The molecule has 0 fully saturated rings. The highest BCUT2D eigenvalue weighted by Gasteiger charge is 2.22. The van der Waals surface area contributed by atoms with Crippen LogP contribution in [0.4, 0.5) is 10.1 Å². The highest BCUT2D eigenvalue weighted by Crippen LogP contribution is 2.32. The lowest BCUT2D eigenvalue weighted by Gasteiger charge is -2.18. The largest absolute Gasteiger partial charge is 0.469 e. The van der Waals surface area contributed by atoms with Crippen molar-refractivity contribution < 1.29 is 13.9 Å². The van der Waals surface area contributed by atoms with Crippen LogP contribution in [0, 0.1) is 11.7 Å². The molecule has 0 aliphatic rings. The molecule has 0 bridgehead atoms. The molecule has 17 heavy (non-hydrogen) atoms. The maximum Gasteiger partial charge on any atom is 0.309 e. The monoisotopic (exact) mass is 257 g/mol. The van der Waals surface area contributed by atoms with E-state index in [0.29, 0.717) is 10.6 Å². The first-order valence-corrected chi connectivity index (χ1v) is 6.13. The maximum absolute atomic E-state index is 13.1. The molecule has 5 heteroatoms. The van der Waals surface area contributed by atoms with Crippen LogP contribution in [0.3, 0.4) is 0 Å². The Labute approximate surface area is 105 Å². The summed E-state index contributed by atoms with van der Waals surface area (Å²) in [6, 6.07) is 4.21. The highest BCUT2D eigenvalue weighted by molar-refractivity contribution is 8.00. The fourth-order valence-electron chi connectivity index (χ4n) is 1.29. The summed E-state index contributed by atoms with van der Waals surface area (Å²) in [7, 11) is 1.35. The standard InChI is InChI=1S/C12H16FNO2S/c1-7(12(15)16-3)8(2)17-11-6-9(13)4-5-10(11)14/h4-8H,14H2,1-3H3. The van der Waals surface area contributed by atoms with E-state index in [-0.39, 0.29) is 23.0 Å². The lowest BCUT2D eigenvalue weighted by molar-refractivity contribution is -0.144. The Bertz CT molecular complexity index is 411. The Morgan fingerprint density at radius 3 is 2.71 bits per heavy atom. The van der Waals surface area contributed by atoms with Gasteiger partial charge in [0, 0.05) is 15.8 Å². The van der Waals surface area contributed by atoms with E-state index in [9.17, 15) is 9.18 Å². The Morgan fingerprint density at radius 2 is 2.12 bits per heavy atom. The highest BCUT2D eigenvalue weighted by atomic mass is 32.2. The van der Waals surface area contributed by atoms with Gasteiger partial charge >= 0.3 is 5.97 Å². The van der Waals surface area contributed by atoms with Crippen molar-refractivity contribution in [1.82, 2.24) is 0 Å². The average molecular weight is 257 g/mol. The number of methoxy groups -OCH3 is 1. The van der Waals surface area contributed by atoms with Gasteiger partial charge in [0.2, 0.25) is 0 Å². The quantitative estimate of drug-likeness (QED) is 0.512. The van der Waals surface area contributed by atoms with Crippen LogP contribution in [0.5, 0.6) is 0 Å². The second-order valence-corrected chi connectivity index (χ2v) is 5.24. The number of carbonyl (C=O) groups excluding carboxylic acids is 1.